The summed E-state index contributed by atoms with van der Waals surface area (Å²) in [7, 11) is 1.76. The SMILES string of the molecule is CCCN(CC(=O)O)C(=O)c1cccn1C. The number of rotatable bonds is 5. The zero-order chi connectivity index (χ0) is 12.1. The number of carboxylic acid groups (broad SMARTS) is 1. The molecule has 1 aromatic rings. The fourth-order valence-electron chi connectivity index (χ4n) is 1.53. The van der Waals surface area contributed by atoms with Crippen molar-refractivity contribution in [1.82, 2.24) is 9.47 Å². The number of carboxylic acids is 1. The summed E-state index contributed by atoms with van der Waals surface area (Å²) >= 11 is 0. The van der Waals surface area contributed by atoms with Gasteiger partial charge in [0.2, 0.25) is 0 Å². The molecule has 0 aliphatic carbocycles. The Kier molecular flexibility index (Phi) is 4.10. The lowest BCUT2D eigenvalue weighted by Crippen LogP contribution is -2.37. The molecule has 0 bridgehead atoms. The number of hydrogen-bond acceptors (Lipinski definition) is 2. The zero-order valence-electron chi connectivity index (χ0n) is 9.51. The molecular weight excluding hydrogens is 208 g/mol. The summed E-state index contributed by atoms with van der Waals surface area (Å²) in [5, 5.41) is 8.73. The lowest BCUT2D eigenvalue weighted by atomic mass is 10.3. The van der Waals surface area contributed by atoms with Crippen LogP contribution in [0.25, 0.3) is 0 Å². The van der Waals surface area contributed by atoms with E-state index in [-0.39, 0.29) is 12.5 Å². The van der Waals surface area contributed by atoms with Crippen LogP contribution in [0.4, 0.5) is 0 Å². The molecule has 1 aromatic heterocycles. The Morgan fingerprint density at radius 1 is 1.50 bits per heavy atom. The first kappa shape index (κ1) is 12.3. The third-order valence-electron chi connectivity index (χ3n) is 2.27. The molecule has 88 valence electrons. The molecule has 0 saturated carbocycles. The van der Waals surface area contributed by atoms with E-state index in [9.17, 15) is 9.59 Å². The third kappa shape index (κ3) is 2.85. The van der Waals surface area contributed by atoms with Crippen molar-refractivity contribution in [2.75, 3.05) is 13.1 Å². The van der Waals surface area contributed by atoms with Gasteiger partial charge in [0.1, 0.15) is 12.2 Å². The minimum atomic E-state index is -0.990. The summed E-state index contributed by atoms with van der Waals surface area (Å²) in [5.41, 5.74) is 0.509. The van der Waals surface area contributed by atoms with E-state index in [2.05, 4.69) is 0 Å². The van der Waals surface area contributed by atoms with Crippen LogP contribution < -0.4 is 0 Å². The van der Waals surface area contributed by atoms with Crippen LogP contribution in [0.15, 0.2) is 18.3 Å². The summed E-state index contributed by atoms with van der Waals surface area (Å²) in [6.07, 6.45) is 2.50. The molecule has 1 N–H and O–H groups in total. The van der Waals surface area contributed by atoms with Crippen molar-refractivity contribution >= 4 is 11.9 Å². The van der Waals surface area contributed by atoms with Crippen molar-refractivity contribution in [1.29, 1.82) is 0 Å². The van der Waals surface area contributed by atoms with E-state index < -0.39 is 5.97 Å². The molecular formula is C11H16N2O3. The van der Waals surface area contributed by atoms with Gasteiger partial charge in [-0.2, -0.15) is 0 Å². The van der Waals surface area contributed by atoms with Crippen molar-refractivity contribution in [3.8, 4) is 0 Å². The maximum atomic E-state index is 12.0. The van der Waals surface area contributed by atoms with Crippen molar-refractivity contribution < 1.29 is 14.7 Å². The first-order valence-electron chi connectivity index (χ1n) is 5.18. The fourth-order valence-corrected chi connectivity index (χ4v) is 1.53. The maximum absolute atomic E-state index is 12.0. The minimum absolute atomic E-state index is 0.239. The van der Waals surface area contributed by atoms with E-state index in [1.807, 2.05) is 6.92 Å². The molecule has 5 nitrogen and oxygen atoms in total. The van der Waals surface area contributed by atoms with Crippen LogP contribution in [0, 0.1) is 0 Å². The van der Waals surface area contributed by atoms with Crippen LogP contribution in [0.3, 0.4) is 0 Å². The van der Waals surface area contributed by atoms with E-state index in [4.69, 9.17) is 5.11 Å². The lowest BCUT2D eigenvalue weighted by molar-refractivity contribution is -0.137. The number of amides is 1. The predicted molar refractivity (Wildman–Crippen MR) is 59.2 cm³/mol. The van der Waals surface area contributed by atoms with Crippen LogP contribution in [-0.4, -0.2) is 39.5 Å². The highest BCUT2D eigenvalue weighted by molar-refractivity contribution is 5.94. The highest BCUT2D eigenvalue weighted by atomic mass is 16.4. The second kappa shape index (κ2) is 5.34. The smallest absolute Gasteiger partial charge is 0.323 e. The number of hydrogen-bond donors (Lipinski definition) is 1. The summed E-state index contributed by atoms with van der Waals surface area (Å²) in [4.78, 5) is 24.0. The highest BCUT2D eigenvalue weighted by Crippen LogP contribution is 2.05. The zero-order valence-corrected chi connectivity index (χ0v) is 9.51. The van der Waals surface area contributed by atoms with Crippen molar-refractivity contribution in [3.63, 3.8) is 0 Å². The van der Waals surface area contributed by atoms with Crippen molar-refractivity contribution in [2.45, 2.75) is 13.3 Å². The minimum Gasteiger partial charge on any atom is -0.480 e. The van der Waals surface area contributed by atoms with Gasteiger partial charge in [-0.3, -0.25) is 9.59 Å². The average Bonchev–Trinajstić information content (AvgIpc) is 2.62. The standard InChI is InChI=1S/C11H16N2O3/c1-3-6-13(8-10(14)15)11(16)9-5-4-7-12(9)2/h4-5,7H,3,6,8H2,1-2H3,(H,14,15). The van der Waals surface area contributed by atoms with E-state index in [1.165, 1.54) is 4.90 Å². The normalized spacial score (nSPS) is 10.1. The Bertz CT molecular complexity index is 384. The van der Waals surface area contributed by atoms with Gasteiger partial charge in [-0.05, 0) is 18.6 Å². The Balaban J connectivity index is 2.82. The Morgan fingerprint density at radius 2 is 2.19 bits per heavy atom. The molecule has 0 aromatic carbocycles. The molecule has 0 unspecified atom stereocenters. The number of nitrogens with zero attached hydrogens (tertiary/aromatic N) is 2. The number of aromatic nitrogens is 1. The second-order valence-corrected chi connectivity index (χ2v) is 3.62. The third-order valence-corrected chi connectivity index (χ3v) is 2.27. The average molecular weight is 224 g/mol. The summed E-state index contributed by atoms with van der Waals surface area (Å²) in [6, 6.07) is 3.45. The molecule has 1 heterocycles. The fraction of sp³-hybridized carbons (Fsp3) is 0.455. The van der Waals surface area contributed by atoms with Gasteiger partial charge >= 0.3 is 5.97 Å². The second-order valence-electron chi connectivity index (χ2n) is 3.62. The first-order valence-corrected chi connectivity index (χ1v) is 5.18. The molecule has 0 aliphatic heterocycles. The highest BCUT2D eigenvalue weighted by Gasteiger charge is 2.19. The molecule has 0 aliphatic rings. The van der Waals surface area contributed by atoms with Crippen LogP contribution in [0.1, 0.15) is 23.8 Å². The van der Waals surface area contributed by atoms with E-state index in [1.54, 1.807) is 29.9 Å². The van der Waals surface area contributed by atoms with Gasteiger partial charge in [0.15, 0.2) is 0 Å². The monoisotopic (exact) mass is 224 g/mol. The van der Waals surface area contributed by atoms with Crippen LogP contribution in [0.5, 0.6) is 0 Å². The number of carbonyl (C=O) groups excluding carboxylic acids is 1. The van der Waals surface area contributed by atoms with Gasteiger partial charge in [-0.25, -0.2) is 0 Å². The Hall–Kier alpha value is -1.78. The van der Waals surface area contributed by atoms with E-state index in [0.717, 1.165) is 6.42 Å². The maximum Gasteiger partial charge on any atom is 0.323 e. The lowest BCUT2D eigenvalue weighted by Gasteiger charge is -2.20. The van der Waals surface area contributed by atoms with Crippen molar-refractivity contribution in [3.05, 3.63) is 24.0 Å². The molecule has 1 amide bonds. The Morgan fingerprint density at radius 3 is 2.62 bits per heavy atom. The Labute approximate surface area is 94.3 Å². The molecule has 5 heteroatoms. The van der Waals surface area contributed by atoms with Gasteiger partial charge in [-0.1, -0.05) is 6.92 Å². The molecule has 0 radical (unpaired) electrons. The number of carbonyl (C=O) groups is 2. The molecule has 1 rings (SSSR count). The van der Waals surface area contributed by atoms with Crippen LogP contribution in [-0.2, 0) is 11.8 Å². The molecule has 16 heavy (non-hydrogen) atoms. The van der Waals surface area contributed by atoms with Gasteiger partial charge in [0.05, 0.1) is 0 Å². The quantitative estimate of drug-likeness (QED) is 0.810. The largest absolute Gasteiger partial charge is 0.480 e. The summed E-state index contributed by atoms with van der Waals surface area (Å²) in [6.45, 7) is 2.11. The van der Waals surface area contributed by atoms with Gasteiger partial charge in [0, 0.05) is 19.8 Å². The summed E-state index contributed by atoms with van der Waals surface area (Å²) in [5.74, 6) is -1.23. The molecule has 0 atom stereocenters. The molecule has 0 spiro atoms. The predicted octanol–water partition coefficient (Wildman–Crippen LogP) is 0.962. The van der Waals surface area contributed by atoms with Gasteiger partial charge in [0.25, 0.3) is 5.91 Å². The molecule has 0 saturated heterocycles. The summed E-state index contributed by atoms with van der Waals surface area (Å²) < 4.78 is 1.69. The number of aliphatic carboxylic acids is 1. The van der Waals surface area contributed by atoms with Crippen molar-refractivity contribution in [2.24, 2.45) is 7.05 Å². The van der Waals surface area contributed by atoms with E-state index >= 15 is 0 Å². The van der Waals surface area contributed by atoms with E-state index in [0.29, 0.717) is 12.2 Å². The van der Waals surface area contributed by atoms with Gasteiger partial charge < -0.3 is 14.6 Å². The molecule has 0 fully saturated rings. The first-order chi connectivity index (χ1) is 7.56. The van der Waals surface area contributed by atoms with Crippen LogP contribution in [0.2, 0.25) is 0 Å². The number of aryl methyl sites for hydroxylation is 1. The van der Waals surface area contributed by atoms with Crippen LogP contribution >= 0.6 is 0 Å². The van der Waals surface area contributed by atoms with Gasteiger partial charge in [-0.15, -0.1) is 0 Å². The topological polar surface area (TPSA) is 62.5 Å².